The minimum atomic E-state index is -0.608. The first-order valence-corrected chi connectivity index (χ1v) is 11.0. The summed E-state index contributed by atoms with van der Waals surface area (Å²) in [4.78, 5) is 26.9. The van der Waals surface area contributed by atoms with Crippen LogP contribution < -0.4 is 10.6 Å². The quantitative estimate of drug-likeness (QED) is 0.589. The Hall–Kier alpha value is -1.79. The van der Waals surface area contributed by atoms with Crippen LogP contribution in [0.1, 0.15) is 37.0 Å². The van der Waals surface area contributed by atoms with E-state index in [0.29, 0.717) is 12.2 Å². The van der Waals surface area contributed by atoms with Gasteiger partial charge in [-0.1, -0.05) is 37.5 Å². The molecule has 0 radical (unpaired) electrons. The maximum absolute atomic E-state index is 12.4. The number of thioether (sulfide) groups is 1. The lowest BCUT2D eigenvalue weighted by Gasteiger charge is -2.36. The molecule has 2 amide bonds. The molecule has 1 aromatic carbocycles. The van der Waals surface area contributed by atoms with E-state index in [1.807, 2.05) is 30.5 Å². The van der Waals surface area contributed by atoms with Crippen LogP contribution in [0.15, 0.2) is 46.7 Å². The number of amides is 2. The van der Waals surface area contributed by atoms with Crippen molar-refractivity contribution >= 4 is 40.6 Å². The Morgan fingerprint density at radius 2 is 1.85 bits per heavy atom. The van der Waals surface area contributed by atoms with Crippen molar-refractivity contribution in [2.75, 3.05) is 18.1 Å². The van der Waals surface area contributed by atoms with E-state index < -0.39 is 11.8 Å². The lowest BCUT2D eigenvalue weighted by molar-refractivity contribution is -0.136. The van der Waals surface area contributed by atoms with E-state index in [4.69, 9.17) is 0 Å². The van der Waals surface area contributed by atoms with Gasteiger partial charge < -0.3 is 10.6 Å². The fourth-order valence-corrected chi connectivity index (χ4v) is 5.12. The summed E-state index contributed by atoms with van der Waals surface area (Å²) in [5, 5.41) is 7.70. The molecule has 2 aromatic rings. The summed E-state index contributed by atoms with van der Waals surface area (Å²) < 4.78 is 0. The number of thiophene rings is 1. The molecule has 1 saturated carbocycles. The van der Waals surface area contributed by atoms with Crippen LogP contribution in [0.3, 0.4) is 0 Å². The fraction of sp³-hybridized carbons (Fsp3) is 0.400. The minimum absolute atomic E-state index is 0.0282. The van der Waals surface area contributed by atoms with E-state index in [2.05, 4.69) is 28.1 Å². The third kappa shape index (κ3) is 4.30. The van der Waals surface area contributed by atoms with E-state index in [1.54, 1.807) is 11.3 Å². The van der Waals surface area contributed by atoms with Gasteiger partial charge in [0, 0.05) is 21.7 Å². The van der Waals surface area contributed by atoms with Gasteiger partial charge in [0.05, 0.1) is 5.69 Å². The Kier molecular flexibility index (Phi) is 6.38. The molecular formula is C20H24N2O2S2. The van der Waals surface area contributed by atoms with Gasteiger partial charge in [-0.15, -0.1) is 23.1 Å². The smallest absolute Gasteiger partial charge is 0.313 e. The number of carbonyl (C=O) groups is 2. The highest BCUT2D eigenvalue weighted by atomic mass is 32.2. The molecule has 1 aromatic heterocycles. The van der Waals surface area contributed by atoms with Crippen LogP contribution in [0.25, 0.3) is 0 Å². The average Bonchev–Trinajstić information content (AvgIpc) is 3.23. The molecular weight excluding hydrogens is 364 g/mol. The lowest BCUT2D eigenvalue weighted by Crippen LogP contribution is -2.45. The zero-order chi connectivity index (χ0) is 18.4. The van der Waals surface area contributed by atoms with Crippen LogP contribution in [0, 0.1) is 0 Å². The standard InChI is InChI=1S/C20H24N2O2S2/c1-25-16-9-4-3-8-15(16)22-19(24)18(23)21-14-20(11-5-2-6-12-20)17-10-7-13-26-17/h3-4,7-10,13H,2,5-6,11-12,14H2,1H3,(H,21,23)(H,22,24). The van der Waals surface area contributed by atoms with Gasteiger partial charge >= 0.3 is 11.8 Å². The second-order valence-electron chi connectivity index (χ2n) is 6.66. The molecule has 0 spiro atoms. The Balaban J connectivity index is 1.64. The van der Waals surface area contributed by atoms with E-state index in [-0.39, 0.29) is 5.41 Å². The van der Waals surface area contributed by atoms with E-state index in [0.717, 1.165) is 17.7 Å². The number of para-hydroxylation sites is 1. The molecule has 0 bridgehead atoms. The molecule has 4 nitrogen and oxygen atoms in total. The van der Waals surface area contributed by atoms with Gasteiger partial charge in [-0.2, -0.15) is 0 Å². The van der Waals surface area contributed by atoms with Crippen molar-refractivity contribution in [3.8, 4) is 0 Å². The highest BCUT2D eigenvalue weighted by Crippen LogP contribution is 2.41. The number of rotatable bonds is 5. The van der Waals surface area contributed by atoms with Crippen molar-refractivity contribution in [2.45, 2.75) is 42.4 Å². The Morgan fingerprint density at radius 1 is 1.08 bits per heavy atom. The summed E-state index contributed by atoms with van der Waals surface area (Å²) in [6, 6.07) is 11.7. The first-order valence-electron chi connectivity index (χ1n) is 8.91. The molecule has 2 N–H and O–H groups in total. The fourth-order valence-electron chi connectivity index (χ4n) is 3.58. The van der Waals surface area contributed by atoms with Gasteiger partial charge in [-0.05, 0) is 42.7 Å². The highest BCUT2D eigenvalue weighted by molar-refractivity contribution is 7.98. The van der Waals surface area contributed by atoms with Gasteiger partial charge in [-0.3, -0.25) is 9.59 Å². The van der Waals surface area contributed by atoms with Crippen molar-refractivity contribution in [1.29, 1.82) is 0 Å². The predicted octanol–water partition coefficient (Wildman–Crippen LogP) is 4.43. The maximum Gasteiger partial charge on any atom is 0.313 e. The molecule has 1 heterocycles. The normalized spacial score (nSPS) is 16.0. The topological polar surface area (TPSA) is 58.2 Å². The summed E-state index contributed by atoms with van der Waals surface area (Å²) in [7, 11) is 0. The molecule has 0 unspecified atom stereocenters. The number of hydrogen-bond donors (Lipinski definition) is 2. The molecule has 138 valence electrons. The summed E-state index contributed by atoms with van der Waals surface area (Å²) in [6.07, 6.45) is 7.64. The molecule has 1 aliphatic carbocycles. The van der Waals surface area contributed by atoms with Crippen LogP contribution in [0.4, 0.5) is 5.69 Å². The zero-order valence-corrected chi connectivity index (χ0v) is 16.6. The molecule has 1 aliphatic rings. The number of hydrogen-bond acceptors (Lipinski definition) is 4. The Morgan fingerprint density at radius 3 is 2.54 bits per heavy atom. The first-order chi connectivity index (χ1) is 12.6. The summed E-state index contributed by atoms with van der Waals surface area (Å²) >= 11 is 3.28. The van der Waals surface area contributed by atoms with E-state index in [9.17, 15) is 9.59 Å². The average molecular weight is 389 g/mol. The number of carbonyl (C=O) groups excluding carboxylic acids is 2. The van der Waals surface area contributed by atoms with Crippen molar-refractivity contribution in [3.05, 3.63) is 46.7 Å². The monoisotopic (exact) mass is 388 g/mol. The van der Waals surface area contributed by atoms with Crippen molar-refractivity contribution < 1.29 is 9.59 Å². The van der Waals surface area contributed by atoms with E-state index in [1.165, 1.54) is 35.9 Å². The second kappa shape index (κ2) is 8.73. The van der Waals surface area contributed by atoms with Crippen LogP contribution in [0.2, 0.25) is 0 Å². The van der Waals surface area contributed by atoms with E-state index >= 15 is 0 Å². The van der Waals surface area contributed by atoms with Gasteiger partial charge in [0.2, 0.25) is 0 Å². The third-order valence-electron chi connectivity index (χ3n) is 5.00. The maximum atomic E-state index is 12.4. The summed E-state index contributed by atoms with van der Waals surface area (Å²) in [5.74, 6) is -1.17. The van der Waals surface area contributed by atoms with Crippen LogP contribution in [0.5, 0.6) is 0 Å². The number of anilines is 1. The van der Waals surface area contributed by atoms with Crippen molar-refractivity contribution in [2.24, 2.45) is 0 Å². The first kappa shape index (κ1) is 19.0. The SMILES string of the molecule is CSc1ccccc1NC(=O)C(=O)NCC1(c2cccs2)CCCCC1. The zero-order valence-electron chi connectivity index (χ0n) is 14.9. The van der Waals surface area contributed by atoms with Crippen molar-refractivity contribution in [3.63, 3.8) is 0 Å². The highest BCUT2D eigenvalue weighted by Gasteiger charge is 2.35. The largest absolute Gasteiger partial charge is 0.347 e. The molecule has 3 rings (SSSR count). The lowest BCUT2D eigenvalue weighted by atomic mass is 9.73. The molecule has 26 heavy (non-hydrogen) atoms. The van der Waals surface area contributed by atoms with Crippen molar-refractivity contribution in [1.82, 2.24) is 5.32 Å². The Bertz CT molecular complexity index is 753. The van der Waals surface area contributed by atoms with Crippen LogP contribution in [-0.2, 0) is 15.0 Å². The van der Waals surface area contributed by atoms with Gasteiger partial charge in [0.15, 0.2) is 0 Å². The van der Waals surface area contributed by atoms with Gasteiger partial charge in [0.25, 0.3) is 0 Å². The molecule has 0 saturated heterocycles. The molecule has 0 aliphatic heterocycles. The summed E-state index contributed by atoms with van der Waals surface area (Å²) in [6.45, 7) is 0.518. The summed E-state index contributed by atoms with van der Waals surface area (Å²) in [5.41, 5.74) is 0.644. The Labute approximate surface area is 162 Å². The minimum Gasteiger partial charge on any atom is -0.347 e. The van der Waals surface area contributed by atoms with Gasteiger partial charge in [0.1, 0.15) is 0 Å². The third-order valence-corrected chi connectivity index (χ3v) is 6.92. The molecule has 0 atom stereocenters. The predicted molar refractivity (Wildman–Crippen MR) is 109 cm³/mol. The number of nitrogens with one attached hydrogen (secondary N) is 2. The number of benzene rings is 1. The van der Waals surface area contributed by atoms with Crippen LogP contribution in [-0.4, -0.2) is 24.6 Å². The van der Waals surface area contributed by atoms with Gasteiger partial charge in [-0.25, -0.2) is 0 Å². The van der Waals surface area contributed by atoms with Crippen LogP contribution >= 0.6 is 23.1 Å². The molecule has 6 heteroatoms. The molecule has 1 fully saturated rings. The second-order valence-corrected chi connectivity index (χ2v) is 8.45.